The summed E-state index contributed by atoms with van der Waals surface area (Å²) < 4.78 is 20.5. The average Bonchev–Trinajstić information content (AvgIpc) is 2.83. The van der Waals surface area contributed by atoms with Crippen molar-refractivity contribution in [1.82, 2.24) is 14.5 Å². The molecule has 0 spiro atoms. The molecule has 8 nitrogen and oxygen atoms in total. The number of carbonyl (C=O) groups excluding carboxylic acids is 1. The first kappa shape index (κ1) is 24.3. The lowest BCUT2D eigenvalue weighted by atomic mass is 10.1. The maximum atomic E-state index is 13.4. The van der Waals surface area contributed by atoms with Gasteiger partial charge in [0.25, 0.3) is 11.5 Å². The Morgan fingerprint density at radius 3 is 2.54 bits per heavy atom. The lowest BCUT2D eigenvalue weighted by molar-refractivity contribution is -0.126. The van der Waals surface area contributed by atoms with E-state index in [2.05, 4.69) is 4.98 Å². The number of benzene rings is 2. The van der Waals surface area contributed by atoms with Gasteiger partial charge in [-0.15, -0.1) is 0 Å². The molecule has 1 aromatic heterocycles. The number of carbonyl (C=O) groups is 1. The van der Waals surface area contributed by atoms with Crippen LogP contribution in [0.2, 0.25) is 5.02 Å². The summed E-state index contributed by atoms with van der Waals surface area (Å²) >= 11 is 5.91. The van der Waals surface area contributed by atoms with E-state index in [1.165, 1.54) is 12.3 Å². The summed E-state index contributed by atoms with van der Waals surface area (Å²) in [6.45, 7) is 2.46. The van der Waals surface area contributed by atoms with Gasteiger partial charge in [0, 0.05) is 49.4 Å². The van der Waals surface area contributed by atoms with Crippen LogP contribution in [0.4, 0.5) is 4.39 Å². The topological polar surface area (TPSA) is 111 Å². The smallest absolute Gasteiger partial charge is 0.282 e. The summed E-state index contributed by atoms with van der Waals surface area (Å²) in [6, 6.07) is 10.4. The quantitative estimate of drug-likeness (QED) is 0.521. The van der Waals surface area contributed by atoms with Crippen LogP contribution < -0.4 is 16.0 Å². The number of likely N-dealkylation sites (tertiary alicyclic amines) is 1. The molecule has 1 aliphatic rings. The Morgan fingerprint density at radius 2 is 1.91 bits per heavy atom. The molecular formula is C25H24ClFN4O4. The van der Waals surface area contributed by atoms with Crippen molar-refractivity contribution in [2.45, 2.75) is 25.9 Å². The van der Waals surface area contributed by atoms with Gasteiger partial charge in [0.15, 0.2) is 0 Å². The molecule has 1 aliphatic heterocycles. The lowest BCUT2D eigenvalue weighted by Crippen LogP contribution is -2.43. The number of phenols is 1. The van der Waals surface area contributed by atoms with Gasteiger partial charge in [-0.1, -0.05) is 11.6 Å². The Hall–Kier alpha value is -3.85. The molecule has 0 bridgehead atoms. The molecule has 2 heterocycles. The number of halogens is 2. The monoisotopic (exact) mass is 498 g/mol. The number of ether oxygens (including phenoxy) is 1. The second-order valence-electron chi connectivity index (χ2n) is 8.18. The van der Waals surface area contributed by atoms with Crippen molar-refractivity contribution in [2.75, 3.05) is 13.1 Å². The standard InChI is InChI=1S/C25H24ClFN4O4/c1-15-14-31(21-7-4-17(27)12-22(21)32)25(34)23(29-15)20(13-28)24(33)30-10-8-19(9-11-30)35-18-5-2-16(26)3-6-18/h2-7,12-14,19,32H,8-11,28H2,1H3. The van der Waals surface area contributed by atoms with Crippen LogP contribution in [-0.2, 0) is 4.79 Å². The van der Waals surface area contributed by atoms with Crippen molar-refractivity contribution >= 4 is 23.1 Å². The number of rotatable bonds is 5. The van der Waals surface area contributed by atoms with Crippen molar-refractivity contribution in [3.63, 3.8) is 0 Å². The van der Waals surface area contributed by atoms with Crippen molar-refractivity contribution in [1.29, 1.82) is 0 Å². The first-order chi connectivity index (χ1) is 16.8. The fraction of sp³-hybridized carbons (Fsp3) is 0.240. The molecule has 0 unspecified atom stereocenters. The van der Waals surface area contributed by atoms with Gasteiger partial charge >= 0.3 is 0 Å². The molecule has 182 valence electrons. The van der Waals surface area contributed by atoms with E-state index in [1.54, 1.807) is 36.1 Å². The lowest BCUT2D eigenvalue weighted by Gasteiger charge is -2.32. The number of nitrogens with zero attached hydrogens (tertiary/aromatic N) is 3. The first-order valence-corrected chi connectivity index (χ1v) is 11.4. The van der Waals surface area contributed by atoms with Gasteiger partial charge in [-0.25, -0.2) is 9.37 Å². The minimum atomic E-state index is -0.663. The maximum absolute atomic E-state index is 13.4. The van der Waals surface area contributed by atoms with E-state index < -0.39 is 23.0 Å². The molecule has 0 radical (unpaired) electrons. The molecule has 3 aromatic rings. The van der Waals surface area contributed by atoms with Crippen LogP contribution >= 0.6 is 11.6 Å². The molecule has 1 saturated heterocycles. The molecule has 0 aliphatic carbocycles. The second kappa shape index (κ2) is 10.2. The zero-order valence-electron chi connectivity index (χ0n) is 18.9. The third kappa shape index (κ3) is 5.30. The third-order valence-electron chi connectivity index (χ3n) is 5.72. The van der Waals surface area contributed by atoms with E-state index >= 15 is 0 Å². The second-order valence-corrected chi connectivity index (χ2v) is 8.62. The summed E-state index contributed by atoms with van der Waals surface area (Å²) in [6.07, 6.45) is 3.59. The maximum Gasteiger partial charge on any atom is 0.282 e. The molecular weight excluding hydrogens is 475 g/mol. The number of amides is 1. The normalized spacial score (nSPS) is 14.7. The van der Waals surface area contributed by atoms with Crippen LogP contribution in [0.15, 0.2) is 59.7 Å². The molecule has 3 N–H and O–H groups in total. The summed E-state index contributed by atoms with van der Waals surface area (Å²) in [4.78, 5) is 32.4. The molecule has 10 heteroatoms. The highest BCUT2D eigenvalue weighted by Crippen LogP contribution is 2.24. The predicted octanol–water partition coefficient (Wildman–Crippen LogP) is 3.41. The zero-order chi connectivity index (χ0) is 25.1. The van der Waals surface area contributed by atoms with Gasteiger partial charge in [0.1, 0.15) is 29.1 Å². The molecule has 1 fully saturated rings. The van der Waals surface area contributed by atoms with Gasteiger partial charge in [-0.3, -0.25) is 14.2 Å². The van der Waals surface area contributed by atoms with Crippen molar-refractivity contribution in [2.24, 2.45) is 5.73 Å². The molecule has 1 amide bonds. The van der Waals surface area contributed by atoms with Gasteiger partial charge in [0.05, 0.1) is 17.0 Å². The van der Waals surface area contributed by atoms with E-state index in [9.17, 15) is 19.1 Å². The van der Waals surface area contributed by atoms with E-state index in [0.29, 0.717) is 42.4 Å². The molecule has 4 rings (SSSR count). The largest absolute Gasteiger partial charge is 0.506 e. The number of aromatic hydroxyl groups is 1. The minimum Gasteiger partial charge on any atom is -0.506 e. The Kier molecular flexibility index (Phi) is 7.07. The van der Waals surface area contributed by atoms with Crippen LogP contribution in [0.1, 0.15) is 24.2 Å². The third-order valence-corrected chi connectivity index (χ3v) is 5.97. The summed E-state index contributed by atoms with van der Waals surface area (Å²) in [5.41, 5.74) is 5.38. The highest BCUT2D eigenvalue weighted by molar-refractivity contribution is 6.30. The van der Waals surface area contributed by atoms with E-state index in [-0.39, 0.29) is 23.1 Å². The number of piperidine rings is 1. The van der Waals surface area contributed by atoms with Crippen LogP contribution in [0, 0.1) is 12.7 Å². The number of hydrogen-bond donors (Lipinski definition) is 2. The number of hydrogen-bond acceptors (Lipinski definition) is 6. The SMILES string of the molecule is Cc1cn(-c2ccc(F)cc2O)c(=O)c(C(=CN)C(=O)N2CCC(Oc3ccc(Cl)cc3)CC2)n1. The van der Waals surface area contributed by atoms with Crippen molar-refractivity contribution < 1.29 is 19.0 Å². The van der Waals surface area contributed by atoms with Crippen LogP contribution in [0.5, 0.6) is 11.5 Å². The summed E-state index contributed by atoms with van der Waals surface area (Å²) in [7, 11) is 0. The summed E-state index contributed by atoms with van der Waals surface area (Å²) in [5, 5.41) is 10.8. The number of aryl methyl sites for hydroxylation is 1. The predicted molar refractivity (Wildman–Crippen MR) is 130 cm³/mol. The van der Waals surface area contributed by atoms with E-state index in [4.69, 9.17) is 22.1 Å². The number of phenolic OH excluding ortho intramolecular Hbond substituents is 1. The Balaban J connectivity index is 1.53. The van der Waals surface area contributed by atoms with E-state index in [1.807, 2.05) is 0 Å². The van der Waals surface area contributed by atoms with E-state index in [0.717, 1.165) is 22.9 Å². The van der Waals surface area contributed by atoms with Crippen molar-refractivity contribution in [3.8, 4) is 17.2 Å². The zero-order valence-corrected chi connectivity index (χ0v) is 19.7. The molecule has 2 aromatic carbocycles. The van der Waals surface area contributed by atoms with Gasteiger partial charge in [-0.05, 0) is 43.3 Å². The van der Waals surface area contributed by atoms with Crippen LogP contribution in [-0.4, -0.2) is 44.7 Å². The Morgan fingerprint density at radius 1 is 1.23 bits per heavy atom. The first-order valence-electron chi connectivity index (χ1n) is 11.0. The fourth-order valence-corrected chi connectivity index (χ4v) is 4.10. The molecule has 0 atom stereocenters. The number of aromatic nitrogens is 2. The highest BCUT2D eigenvalue weighted by Gasteiger charge is 2.29. The molecule has 35 heavy (non-hydrogen) atoms. The van der Waals surface area contributed by atoms with Crippen LogP contribution in [0.25, 0.3) is 11.3 Å². The fourth-order valence-electron chi connectivity index (χ4n) is 3.97. The van der Waals surface area contributed by atoms with Gasteiger partial charge < -0.3 is 20.5 Å². The van der Waals surface area contributed by atoms with Gasteiger partial charge in [0.2, 0.25) is 0 Å². The minimum absolute atomic E-state index is 0.0499. The van der Waals surface area contributed by atoms with Crippen molar-refractivity contribution in [3.05, 3.63) is 87.4 Å². The Labute approximate surface area is 206 Å². The average molecular weight is 499 g/mol. The Bertz CT molecular complexity index is 1330. The summed E-state index contributed by atoms with van der Waals surface area (Å²) in [5.74, 6) is -0.791. The highest BCUT2D eigenvalue weighted by atomic mass is 35.5. The van der Waals surface area contributed by atoms with Crippen LogP contribution in [0.3, 0.4) is 0 Å². The number of nitrogens with two attached hydrogens (primary N) is 1. The molecule has 0 saturated carbocycles. The van der Waals surface area contributed by atoms with Gasteiger partial charge in [-0.2, -0.15) is 0 Å².